The highest BCUT2D eigenvalue weighted by molar-refractivity contribution is 6.30. The number of phenolic OH excluding ortho intramolecular Hbond substituents is 1. The maximum Gasteiger partial charge on any atom is 0.132 e. The average Bonchev–Trinajstić information content (AvgIpc) is 2.33. The molecule has 2 aromatic rings. The highest BCUT2D eigenvalue weighted by atomic mass is 35.5. The van der Waals surface area contributed by atoms with E-state index in [2.05, 4.69) is 10.3 Å². The van der Waals surface area contributed by atoms with Crippen LogP contribution in [0.3, 0.4) is 0 Å². The molecular weight excluding hydrogens is 267 g/mol. The molecule has 0 aliphatic carbocycles. The van der Waals surface area contributed by atoms with Crippen molar-refractivity contribution in [2.45, 2.75) is 19.9 Å². The van der Waals surface area contributed by atoms with Crippen LogP contribution in [-0.2, 0) is 0 Å². The second-order valence-corrected chi connectivity index (χ2v) is 4.76. The zero-order valence-electron chi connectivity index (χ0n) is 10.6. The van der Waals surface area contributed by atoms with Crippen LogP contribution in [0.4, 0.5) is 10.1 Å². The van der Waals surface area contributed by atoms with Gasteiger partial charge in [0.05, 0.1) is 17.9 Å². The molecule has 0 aliphatic heterocycles. The first-order chi connectivity index (χ1) is 8.97. The van der Waals surface area contributed by atoms with Crippen LogP contribution in [0.2, 0.25) is 5.15 Å². The molecule has 0 saturated heterocycles. The highest BCUT2D eigenvalue weighted by Crippen LogP contribution is 2.25. The molecule has 2 rings (SSSR count). The second kappa shape index (κ2) is 5.45. The Bertz CT molecular complexity index is 604. The molecule has 1 atom stereocenters. The van der Waals surface area contributed by atoms with Gasteiger partial charge in [-0.3, -0.25) is 0 Å². The first kappa shape index (κ1) is 13.6. The van der Waals surface area contributed by atoms with E-state index in [0.29, 0.717) is 10.7 Å². The summed E-state index contributed by atoms with van der Waals surface area (Å²) in [4.78, 5) is 4.03. The number of pyridine rings is 1. The average molecular weight is 281 g/mol. The summed E-state index contributed by atoms with van der Waals surface area (Å²) < 4.78 is 13.7. The number of anilines is 1. The van der Waals surface area contributed by atoms with Gasteiger partial charge in [-0.25, -0.2) is 9.37 Å². The fourth-order valence-electron chi connectivity index (χ4n) is 1.83. The number of aryl methyl sites for hydroxylation is 1. The number of rotatable bonds is 3. The summed E-state index contributed by atoms with van der Waals surface area (Å²) in [5, 5.41) is 12.8. The Morgan fingerprint density at radius 1 is 1.37 bits per heavy atom. The standard InChI is InChI=1S/C14H14ClFN2O/c1-8-5-10(7-17-14(8)15)18-9(2)12-4-3-11(19)6-13(12)16/h3-7,9,18-19H,1-2H3. The van der Waals surface area contributed by atoms with Crippen LogP contribution in [0, 0.1) is 12.7 Å². The van der Waals surface area contributed by atoms with Crippen molar-refractivity contribution in [3.63, 3.8) is 0 Å². The third kappa shape index (κ3) is 3.15. The van der Waals surface area contributed by atoms with E-state index in [9.17, 15) is 9.50 Å². The van der Waals surface area contributed by atoms with Gasteiger partial charge in [0.2, 0.25) is 0 Å². The van der Waals surface area contributed by atoms with E-state index in [-0.39, 0.29) is 11.8 Å². The topological polar surface area (TPSA) is 45.1 Å². The second-order valence-electron chi connectivity index (χ2n) is 4.40. The molecule has 100 valence electrons. The first-order valence-corrected chi connectivity index (χ1v) is 6.22. The van der Waals surface area contributed by atoms with Crippen LogP contribution >= 0.6 is 11.6 Å². The Morgan fingerprint density at radius 3 is 2.74 bits per heavy atom. The molecule has 1 aromatic heterocycles. The number of nitrogens with one attached hydrogen (secondary N) is 1. The van der Waals surface area contributed by atoms with Gasteiger partial charge in [-0.1, -0.05) is 17.7 Å². The number of phenols is 1. The summed E-state index contributed by atoms with van der Waals surface area (Å²) in [5.74, 6) is -0.531. The largest absolute Gasteiger partial charge is 0.508 e. The molecule has 19 heavy (non-hydrogen) atoms. The number of hydrogen-bond acceptors (Lipinski definition) is 3. The molecule has 3 nitrogen and oxygen atoms in total. The zero-order chi connectivity index (χ0) is 14.0. The van der Waals surface area contributed by atoms with Crippen molar-refractivity contribution < 1.29 is 9.50 Å². The van der Waals surface area contributed by atoms with Gasteiger partial charge in [-0.05, 0) is 31.5 Å². The predicted molar refractivity (Wildman–Crippen MR) is 74.1 cm³/mol. The molecule has 0 amide bonds. The molecule has 1 unspecified atom stereocenters. The maximum atomic E-state index is 13.7. The van der Waals surface area contributed by atoms with Crippen molar-refractivity contribution in [1.29, 1.82) is 0 Å². The summed E-state index contributed by atoms with van der Waals surface area (Å²) in [6.07, 6.45) is 1.60. The molecule has 0 bridgehead atoms. The third-order valence-electron chi connectivity index (χ3n) is 2.85. The van der Waals surface area contributed by atoms with Crippen LogP contribution in [0.5, 0.6) is 5.75 Å². The van der Waals surface area contributed by atoms with Gasteiger partial charge >= 0.3 is 0 Å². The summed E-state index contributed by atoms with van der Waals surface area (Å²) in [6, 6.07) is 5.71. The van der Waals surface area contributed by atoms with Crippen LogP contribution in [-0.4, -0.2) is 10.1 Å². The molecule has 2 N–H and O–H groups in total. The number of hydrogen-bond donors (Lipinski definition) is 2. The fourth-order valence-corrected chi connectivity index (χ4v) is 1.94. The lowest BCUT2D eigenvalue weighted by molar-refractivity contribution is 0.467. The normalized spacial score (nSPS) is 12.2. The number of aromatic nitrogens is 1. The van der Waals surface area contributed by atoms with Crippen molar-refractivity contribution in [2.24, 2.45) is 0 Å². The minimum absolute atomic E-state index is 0.0857. The van der Waals surface area contributed by atoms with Crippen molar-refractivity contribution in [3.05, 3.63) is 52.6 Å². The fraction of sp³-hybridized carbons (Fsp3) is 0.214. The smallest absolute Gasteiger partial charge is 0.132 e. The Labute approximate surface area is 116 Å². The van der Waals surface area contributed by atoms with Gasteiger partial charge in [0, 0.05) is 11.6 Å². The minimum Gasteiger partial charge on any atom is -0.508 e. The number of aromatic hydroxyl groups is 1. The van der Waals surface area contributed by atoms with Gasteiger partial charge in [0.25, 0.3) is 0 Å². The monoisotopic (exact) mass is 280 g/mol. The van der Waals surface area contributed by atoms with Crippen LogP contribution in [0.15, 0.2) is 30.5 Å². The van der Waals surface area contributed by atoms with Crippen molar-refractivity contribution in [1.82, 2.24) is 4.98 Å². The van der Waals surface area contributed by atoms with Gasteiger partial charge in [0.15, 0.2) is 0 Å². The Hall–Kier alpha value is -1.81. The lowest BCUT2D eigenvalue weighted by atomic mass is 10.1. The van der Waals surface area contributed by atoms with E-state index in [1.807, 2.05) is 19.9 Å². The molecular formula is C14H14ClFN2O. The quantitative estimate of drug-likeness (QED) is 0.834. The summed E-state index contributed by atoms with van der Waals surface area (Å²) in [5.41, 5.74) is 2.09. The molecule has 5 heteroatoms. The summed E-state index contributed by atoms with van der Waals surface area (Å²) >= 11 is 5.85. The SMILES string of the molecule is Cc1cc(NC(C)c2ccc(O)cc2F)cnc1Cl. The molecule has 0 fully saturated rings. The van der Waals surface area contributed by atoms with Crippen molar-refractivity contribution >= 4 is 17.3 Å². The Balaban J connectivity index is 2.20. The summed E-state index contributed by atoms with van der Waals surface area (Å²) in [6.45, 7) is 3.69. The zero-order valence-corrected chi connectivity index (χ0v) is 11.4. The molecule has 0 spiro atoms. The first-order valence-electron chi connectivity index (χ1n) is 5.84. The van der Waals surface area contributed by atoms with Gasteiger partial charge < -0.3 is 10.4 Å². The van der Waals surface area contributed by atoms with Gasteiger partial charge in [0.1, 0.15) is 16.7 Å². The molecule has 0 saturated carbocycles. The van der Waals surface area contributed by atoms with E-state index < -0.39 is 5.82 Å². The van der Waals surface area contributed by atoms with E-state index in [4.69, 9.17) is 11.6 Å². The highest BCUT2D eigenvalue weighted by Gasteiger charge is 2.12. The lowest BCUT2D eigenvalue weighted by Crippen LogP contribution is -2.09. The molecule has 1 heterocycles. The van der Waals surface area contributed by atoms with E-state index in [1.165, 1.54) is 6.07 Å². The van der Waals surface area contributed by atoms with E-state index in [1.54, 1.807) is 12.3 Å². The summed E-state index contributed by atoms with van der Waals surface area (Å²) in [7, 11) is 0. The van der Waals surface area contributed by atoms with Crippen molar-refractivity contribution in [3.8, 4) is 5.75 Å². The number of benzene rings is 1. The van der Waals surface area contributed by atoms with Crippen LogP contribution < -0.4 is 5.32 Å². The molecule has 0 radical (unpaired) electrons. The minimum atomic E-state index is -0.446. The molecule has 0 aliphatic rings. The van der Waals surface area contributed by atoms with Gasteiger partial charge in [-0.15, -0.1) is 0 Å². The van der Waals surface area contributed by atoms with Crippen LogP contribution in [0.1, 0.15) is 24.1 Å². The third-order valence-corrected chi connectivity index (χ3v) is 3.24. The van der Waals surface area contributed by atoms with E-state index in [0.717, 1.165) is 17.3 Å². The number of halogens is 2. The van der Waals surface area contributed by atoms with Crippen LogP contribution in [0.25, 0.3) is 0 Å². The lowest BCUT2D eigenvalue weighted by Gasteiger charge is -2.16. The Kier molecular flexibility index (Phi) is 3.90. The maximum absolute atomic E-state index is 13.7. The van der Waals surface area contributed by atoms with E-state index >= 15 is 0 Å². The van der Waals surface area contributed by atoms with Gasteiger partial charge in [-0.2, -0.15) is 0 Å². The predicted octanol–water partition coefficient (Wildman–Crippen LogP) is 4.06. The van der Waals surface area contributed by atoms with Crippen molar-refractivity contribution in [2.75, 3.05) is 5.32 Å². The molecule has 1 aromatic carbocycles. The number of nitrogens with zero attached hydrogens (tertiary/aromatic N) is 1. The Morgan fingerprint density at radius 2 is 2.11 bits per heavy atom.